The van der Waals surface area contributed by atoms with Crippen molar-refractivity contribution in [1.82, 2.24) is 10.9 Å². The third-order valence-electron chi connectivity index (χ3n) is 2.41. The predicted molar refractivity (Wildman–Crippen MR) is 80.8 cm³/mol. The molecule has 8 heteroatoms. The number of thiophene rings is 1. The monoisotopic (exact) mass is 361 g/mol. The molecule has 110 valence electrons. The summed E-state index contributed by atoms with van der Waals surface area (Å²) in [7, 11) is 0. The average Bonchev–Trinajstić information content (AvgIpc) is 2.83. The van der Waals surface area contributed by atoms with Crippen LogP contribution in [0.3, 0.4) is 0 Å². The lowest BCUT2D eigenvalue weighted by Crippen LogP contribution is -2.18. The molecule has 6 nitrogen and oxygen atoms in total. The molecule has 2 amide bonds. The molecule has 0 aliphatic rings. The Morgan fingerprint density at radius 1 is 1.25 bits per heavy atom. The van der Waals surface area contributed by atoms with E-state index >= 15 is 0 Å². The number of nitrogens with zero attached hydrogens (tertiary/aromatic N) is 1. The Hall–Kier alpha value is -1.25. The minimum Gasteiger partial charge on any atom is -0.289 e. The molecule has 0 fully saturated rings. The van der Waals surface area contributed by atoms with Crippen molar-refractivity contribution in [2.45, 2.75) is 32.1 Å². The second kappa shape index (κ2) is 9.62. The van der Waals surface area contributed by atoms with Crippen molar-refractivity contribution >= 4 is 45.3 Å². The Kier molecular flexibility index (Phi) is 8.08. The summed E-state index contributed by atoms with van der Waals surface area (Å²) in [5.74, 6) is -0.551. The van der Waals surface area contributed by atoms with Gasteiger partial charge >= 0.3 is 0 Å². The molecule has 20 heavy (non-hydrogen) atoms. The first-order chi connectivity index (χ1) is 9.61. The molecule has 0 aliphatic carbocycles. The van der Waals surface area contributed by atoms with Crippen LogP contribution in [0.4, 0.5) is 0 Å². The summed E-state index contributed by atoms with van der Waals surface area (Å²) < 4.78 is 1.01. The van der Waals surface area contributed by atoms with E-state index in [1.165, 1.54) is 11.3 Å². The number of nitrogens with one attached hydrogen (secondary N) is 2. The van der Waals surface area contributed by atoms with Gasteiger partial charge in [-0.1, -0.05) is 6.42 Å². The van der Waals surface area contributed by atoms with Gasteiger partial charge in [0.2, 0.25) is 11.8 Å². The lowest BCUT2D eigenvalue weighted by Gasteiger charge is -2.00. The average molecular weight is 362 g/mol. The van der Waals surface area contributed by atoms with Gasteiger partial charge in [0.15, 0.2) is 0 Å². The highest BCUT2D eigenvalue weighted by Gasteiger charge is 2.02. The molecular formula is C12H16BrN3O3S. The number of amides is 2. The summed E-state index contributed by atoms with van der Waals surface area (Å²) in [6.45, 7) is 0. The van der Waals surface area contributed by atoms with E-state index in [2.05, 4.69) is 26.5 Å². The lowest BCUT2D eigenvalue weighted by molar-refractivity contribution is -0.129. The van der Waals surface area contributed by atoms with Crippen LogP contribution in [-0.4, -0.2) is 23.2 Å². The zero-order valence-electron chi connectivity index (χ0n) is 10.8. The first-order valence-corrected chi connectivity index (χ1v) is 7.73. The summed E-state index contributed by atoms with van der Waals surface area (Å²) in [5, 5.41) is 12.2. The van der Waals surface area contributed by atoms with Crippen molar-refractivity contribution in [2.75, 3.05) is 0 Å². The minimum absolute atomic E-state index is 0.150. The number of hydroxylamine groups is 1. The first-order valence-electron chi connectivity index (χ1n) is 6.12. The van der Waals surface area contributed by atoms with Crippen molar-refractivity contribution in [3.8, 4) is 0 Å². The van der Waals surface area contributed by atoms with Gasteiger partial charge in [-0.3, -0.25) is 14.8 Å². The van der Waals surface area contributed by atoms with Crippen LogP contribution in [0.5, 0.6) is 0 Å². The number of hydrogen-bond acceptors (Lipinski definition) is 5. The highest BCUT2D eigenvalue weighted by atomic mass is 79.9. The van der Waals surface area contributed by atoms with Crippen LogP contribution in [0.2, 0.25) is 0 Å². The predicted octanol–water partition coefficient (Wildman–Crippen LogP) is 2.42. The highest BCUT2D eigenvalue weighted by molar-refractivity contribution is 9.11. The topological polar surface area (TPSA) is 90.8 Å². The molecule has 0 spiro atoms. The molecular weight excluding hydrogens is 346 g/mol. The van der Waals surface area contributed by atoms with Crippen LogP contribution in [0, 0.1) is 0 Å². The molecule has 0 radical (unpaired) electrons. The maximum absolute atomic E-state index is 11.4. The van der Waals surface area contributed by atoms with Gasteiger partial charge in [0.1, 0.15) is 0 Å². The fourth-order valence-corrected chi connectivity index (χ4v) is 2.72. The quantitative estimate of drug-likeness (QED) is 0.287. The third-order valence-corrected chi connectivity index (χ3v) is 3.97. The Bertz CT molecular complexity index is 476. The van der Waals surface area contributed by atoms with Crippen LogP contribution in [0.1, 0.15) is 37.0 Å². The number of halogens is 1. The van der Waals surface area contributed by atoms with E-state index in [0.29, 0.717) is 19.3 Å². The van der Waals surface area contributed by atoms with Crippen LogP contribution in [-0.2, 0) is 9.59 Å². The maximum Gasteiger partial charge on any atom is 0.243 e. The molecule has 1 aromatic heterocycles. The van der Waals surface area contributed by atoms with Gasteiger partial charge in [-0.2, -0.15) is 5.10 Å². The zero-order valence-corrected chi connectivity index (χ0v) is 13.2. The van der Waals surface area contributed by atoms with Gasteiger partial charge in [0, 0.05) is 17.7 Å². The number of hydrazone groups is 1. The zero-order chi connectivity index (χ0) is 14.8. The van der Waals surface area contributed by atoms with E-state index in [1.54, 1.807) is 11.7 Å². The largest absolute Gasteiger partial charge is 0.289 e. The molecule has 0 bridgehead atoms. The van der Waals surface area contributed by atoms with Gasteiger partial charge in [-0.15, -0.1) is 11.3 Å². The van der Waals surface area contributed by atoms with Gasteiger partial charge < -0.3 is 0 Å². The van der Waals surface area contributed by atoms with Crippen molar-refractivity contribution < 1.29 is 14.8 Å². The van der Waals surface area contributed by atoms with Gasteiger partial charge in [-0.25, -0.2) is 10.9 Å². The molecule has 1 rings (SSSR count). The normalized spacial score (nSPS) is 10.7. The standard InChI is InChI=1S/C12H16BrN3O3S/c13-10-7-6-9(20-10)8-14-15-11(17)4-2-1-3-5-12(18)16-19/h6-8,19H,1-5H2,(H,15,17)(H,16,18)/b14-8+. The molecule has 0 saturated carbocycles. The number of carbonyl (C=O) groups excluding carboxylic acids is 2. The summed E-state index contributed by atoms with van der Waals surface area (Å²) in [6, 6.07) is 3.81. The summed E-state index contributed by atoms with van der Waals surface area (Å²) in [6.07, 6.45) is 4.31. The minimum atomic E-state index is -0.402. The SMILES string of the molecule is O=C(CCCCCC(=O)N/N=C/c1ccc(Br)s1)NO. The molecule has 0 aliphatic heterocycles. The Morgan fingerprint density at radius 3 is 2.55 bits per heavy atom. The smallest absolute Gasteiger partial charge is 0.243 e. The number of carbonyl (C=O) groups is 2. The molecule has 1 aromatic rings. The fraction of sp³-hybridized carbons (Fsp3) is 0.417. The first kappa shape index (κ1) is 16.8. The molecule has 0 atom stereocenters. The van der Waals surface area contributed by atoms with Gasteiger partial charge in [-0.05, 0) is 40.9 Å². The Morgan fingerprint density at radius 2 is 1.95 bits per heavy atom. The number of rotatable bonds is 8. The van der Waals surface area contributed by atoms with Crippen molar-refractivity contribution in [3.63, 3.8) is 0 Å². The number of hydrogen-bond donors (Lipinski definition) is 3. The van der Waals surface area contributed by atoms with Crippen molar-refractivity contribution in [3.05, 3.63) is 20.8 Å². The van der Waals surface area contributed by atoms with Crippen LogP contribution in [0.25, 0.3) is 0 Å². The molecule has 0 saturated heterocycles. The van der Waals surface area contributed by atoms with Crippen molar-refractivity contribution in [2.24, 2.45) is 5.10 Å². The molecule has 0 unspecified atom stereocenters. The highest BCUT2D eigenvalue weighted by Crippen LogP contribution is 2.20. The Labute approximate surface area is 129 Å². The van der Waals surface area contributed by atoms with Crippen LogP contribution in [0.15, 0.2) is 21.0 Å². The van der Waals surface area contributed by atoms with E-state index in [0.717, 1.165) is 15.1 Å². The Balaban J connectivity index is 2.08. The van der Waals surface area contributed by atoms with E-state index < -0.39 is 5.91 Å². The molecule has 1 heterocycles. The number of unbranched alkanes of at least 4 members (excludes halogenated alkanes) is 2. The van der Waals surface area contributed by atoms with E-state index in [9.17, 15) is 9.59 Å². The van der Waals surface area contributed by atoms with Gasteiger partial charge in [0.25, 0.3) is 0 Å². The molecule has 0 aromatic carbocycles. The maximum atomic E-state index is 11.4. The summed E-state index contributed by atoms with van der Waals surface area (Å²) in [5.41, 5.74) is 4.02. The van der Waals surface area contributed by atoms with E-state index in [4.69, 9.17) is 5.21 Å². The molecule has 3 N–H and O–H groups in total. The fourth-order valence-electron chi connectivity index (χ4n) is 1.43. The lowest BCUT2D eigenvalue weighted by atomic mass is 10.1. The van der Waals surface area contributed by atoms with Crippen LogP contribution >= 0.6 is 27.3 Å². The summed E-state index contributed by atoms with van der Waals surface area (Å²) >= 11 is 4.87. The van der Waals surface area contributed by atoms with E-state index in [1.807, 2.05) is 12.1 Å². The second-order valence-corrected chi connectivity index (χ2v) is 6.53. The second-order valence-electron chi connectivity index (χ2n) is 4.03. The van der Waals surface area contributed by atoms with E-state index in [-0.39, 0.29) is 12.3 Å². The summed E-state index contributed by atoms with van der Waals surface area (Å²) in [4.78, 5) is 23.1. The van der Waals surface area contributed by atoms with Gasteiger partial charge in [0.05, 0.1) is 10.0 Å². The van der Waals surface area contributed by atoms with Crippen LogP contribution < -0.4 is 10.9 Å². The van der Waals surface area contributed by atoms with Crippen molar-refractivity contribution in [1.29, 1.82) is 0 Å². The third kappa shape index (κ3) is 7.37.